The molecule has 0 aromatic carbocycles. The van der Waals surface area contributed by atoms with Gasteiger partial charge in [-0.3, -0.25) is 0 Å². The Labute approximate surface area is 64.7 Å². The SMILES string of the molecule is N#CC1(c2ccn[c]n2)CC1. The molecule has 0 amide bonds. The van der Waals surface area contributed by atoms with Gasteiger partial charge in [-0.25, -0.2) is 9.97 Å². The minimum atomic E-state index is -0.292. The van der Waals surface area contributed by atoms with E-state index in [1.807, 2.05) is 0 Å². The zero-order valence-corrected chi connectivity index (χ0v) is 5.91. The lowest BCUT2D eigenvalue weighted by molar-refractivity contribution is 0.839. The van der Waals surface area contributed by atoms with E-state index in [0.29, 0.717) is 0 Å². The van der Waals surface area contributed by atoms with Crippen LogP contribution in [0.4, 0.5) is 0 Å². The van der Waals surface area contributed by atoms with E-state index < -0.39 is 0 Å². The highest BCUT2D eigenvalue weighted by atomic mass is 14.8. The largest absolute Gasteiger partial charge is 0.234 e. The Morgan fingerprint density at radius 3 is 2.91 bits per heavy atom. The fourth-order valence-electron chi connectivity index (χ4n) is 1.08. The standard InChI is InChI=1S/C8H6N3/c9-5-8(2-3-8)7-1-4-10-6-11-7/h1,4H,2-3H2. The highest BCUT2D eigenvalue weighted by molar-refractivity contribution is 5.32. The lowest BCUT2D eigenvalue weighted by atomic mass is 10.1. The van der Waals surface area contributed by atoms with Crippen LogP contribution in [0.5, 0.6) is 0 Å². The zero-order chi connectivity index (χ0) is 7.73. The first-order valence-corrected chi connectivity index (χ1v) is 3.48. The molecule has 1 aromatic heterocycles. The topological polar surface area (TPSA) is 49.6 Å². The van der Waals surface area contributed by atoms with Crippen LogP contribution in [0.2, 0.25) is 0 Å². The lowest BCUT2D eigenvalue weighted by Crippen LogP contribution is -2.05. The molecule has 1 aromatic rings. The van der Waals surface area contributed by atoms with Crippen LogP contribution >= 0.6 is 0 Å². The van der Waals surface area contributed by atoms with Crippen LogP contribution in [0.15, 0.2) is 12.3 Å². The lowest BCUT2D eigenvalue weighted by Gasteiger charge is -2.00. The van der Waals surface area contributed by atoms with Crippen molar-refractivity contribution in [2.75, 3.05) is 0 Å². The summed E-state index contributed by atoms with van der Waals surface area (Å²) in [6.45, 7) is 0. The van der Waals surface area contributed by atoms with Gasteiger partial charge in [0.1, 0.15) is 0 Å². The number of nitriles is 1. The molecule has 0 spiro atoms. The van der Waals surface area contributed by atoms with Gasteiger partial charge in [-0.05, 0) is 18.9 Å². The van der Waals surface area contributed by atoms with E-state index in [9.17, 15) is 0 Å². The normalized spacial score (nSPS) is 18.8. The van der Waals surface area contributed by atoms with Crippen molar-refractivity contribution in [3.63, 3.8) is 0 Å². The number of rotatable bonds is 1. The van der Waals surface area contributed by atoms with Gasteiger partial charge in [-0.15, -0.1) is 0 Å². The van der Waals surface area contributed by atoms with Crippen molar-refractivity contribution < 1.29 is 0 Å². The Hall–Kier alpha value is -1.43. The quantitative estimate of drug-likeness (QED) is 0.586. The van der Waals surface area contributed by atoms with Crippen LogP contribution in [0.1, 0.15) is 18.5 Å². The molecule has 1 radical (unpaired) electrons. The molecule has 3 heteroatoms. The number of nitrogens with zero attached hydrogens (tertiary/aromatic N) is 3. The molecule has 2 rings (SSSR count). The summed E-state index contributed by atoms with van der Waals surface area (Å²) in [7, 11) is 0. The molecule has 0 aliphatic heterocycles. The van der Waals surface area contributed by atoms with E-state index in [0.717, 1.165) is 18.5 Å². The first-order chi connectivity index (χ1) is 5.37. The second-order valence-electron chi connectivity index (χ2n) is 2.74. The zero-order valence-electron chi connectivity index (χ0n) is 5.91. The summed E-state index contributed by atoms with van der Waals surface area (Å²) in [6, 6.07) is 4.04. The molecule has 1 fully saturated rings. The minimum absolute atomic E-state index is 0.292. The van der Waals surface area contributed by atoms with E-state index >= 15 is 0 Å². The van der Waals surface area contributed by atoms with Gasteiger partial charge in [0.15, 0.2) is 6.33 Å². The van der Waals surface area contributed by atoms with Crippen molar-refractivity contribution in [2.24, 2.45) is 0 Å². The smallest absolute Gasteiger partial charge is 0.197 e. The number of hydrogen-bond donors (Lipinski definition) is 0. The predicted octanol–water partition coefficient (Wildman–Crippen LogP) is 0.832. The second kappa shape index (κ2) is 2.03. The van der Waals surface area contributed by atoms with Crippen molar-refractivity contribution in [3.05, 3.63) is 24.3 Å². The molecule has 53 valence electrons. The first kappa shape index (κ1) is 6.29. The third kappa shape index (κ3) is 0.874. The molecule has 0 unspecified atom stereocenters. The molecule has 0 N–H and O–H groups in total. The third-order valence-electron chi connectivity index (χ3n) is 1.99. The van der Waals surface area contributed by atoms with Gasteiger partial charge in [0.05, 0.1) is 17.2 Å². The maximum absolute atomic E-state index is 8.79. The number of hydrogen-bond acceptors (Lipinski definition) is 3. The predicted molar refractivity (Wildman–Crippen MR) is 37.4 cm³/mol. The maximum atomic E-state index is 8.79. The molecule has 0 bridgehead atoms. The second-order valence-corrected chi connectivity index (χ2v) is 2.74. The van der Waals surface area contributed by atoms with E-state index in [2.05, 4.69) is 22.4 Å². The Kier molecular flexibility index (Phi) is 1.16. The third-order valence-corrected chi connectivity index (χ3v) is 1.99. The Morgan fingerprint density at radius 1 is 1.64 bits per heavy atom. The summed E-state index contributed by atoms with van der Waals surface area (Å²) in [4.78, 5) is 7.60. The van der Waals surface area contributed by atoms with Crippen LogP contribution in [-0.2, 0) is 5.41 Å². The van der Waals surface area contributed by atoms with E-state index in [-0.39, 0.29) is 5.41 Å². The number of aromatic nitrogens is 2. The summed E-state index contributed by atoms with van der Waals surface area (Å²) in [5.41, 5.74) is 0.523. The molecule has 0 atom stereocenters. The van der Waals surface area contributed by atoms with Crippen LogP contribution in [-0.4, -0.2) is 9.97 Å². The Balaban J connectivity index is 2.39. The fraction of sp³-hybridized carbons (Fsp3) is 0.375. The van der Waals surface area contributed by atoms with Crippen molar-refractivity contribution in [3.8, 4) is 6.07 Å². The van der Waals surface area contributed by atoms with Crippen LogP contribution in [0.25, 0.3) is 0 Å². The molecule has 3 nitrogen and oxygen atoms in total. The van der Waals surface area contributed by atoms with Gasteiger partial charge in [-0.2, -0.15) is 5.26 Å². The Morgan fingerprint density at radius 2 is 2.45 bits per heavy atom. The van der Waals surface area contributed by atoms with Gasteiger partial charge in [0, 0.05) is 6.20 Å². The molecule has 1 aliphatic carbocycles. The monoisotopic (exact) mass is 144 g/mol. The molecular formula is C8H6N3. The summed E-state index contributed by atoms with van der Waals surface area (Å²) in [5.74, 6) is 0. The van der Waals surface area contributed by atoms with Crippen LogP contribution in [0.3, 0.4) is 0 Å². The highest BCUT2D eigenvalue weighted by Crippen LogP contribution is 2.46. The van der Waals surface area contributed by atoms with Gasteiger partial charge in [-0.1, -0.05) is 0 Å². The minimum Gasteiger partial charge on any atom is -0.234 e. The van der Waals surface area contributed by atoms with E-state index in [1.54, 1.807) is 12.3 Å². The van der Waals surface area contributed by atoms with Crippen molar-refractivity contribution in [2.45, 2.75) is 18.3 Å². The molecule has 1 saturated carbocycles. The first-order valence-electron chi connectivity index (χ1n) is 3.48. The van der Waals surface area contributed by atoms with Crippen molar-refractivity contribution in [1.82, 2.24) is 9.97 Å². The van der Waals surface area contributed by atoms with Gasteiger partial charge >= 0.3 is 0 Å². The average Bonchev–Trinajstić information content (AvgIpc) is 2.86. The highest BCUT2D eigenvalue weighted by Gasteiger charge is 2.46. The van der Waals surface area contributed by atoms with Gasteiger partial charge < -0.3 is 0 Å². The summed E-state index contributed by atoms with van der Waals surface area (Å²) in [5, 5.41) is 8.79. The maximum Gasteiger partial charge on any atom is 0.197 e. The van der Waals surface area contributed by atoms with Crippen LogP contribution in [0, 0.1) is 17.7 Å². The summed E-state index contributed by atoms with van der Waals surface area (Å²) >= 11 is 0. The summed E-state index contributed by atoms with van der Waals surface area (Å²) < 4.78 is 0. The van der Waals surface area contributed by atoms with Gasteiger partial charge in [0.2, 0.25) is 0 Å². The van der Waals surface area contributed by atoms with Crippen molar-refractivity contribution >= 4 is 0 Å². The Bertz CT molecular complexity index is 295. The summed E-state index contributed by atoms with van der Waals surface area (Å²) in [6.07, 6.45) is 5.96. The molecule has 11 heavy (non-hydrogen) atoms. The average molecular weight is 144 g/mol. The molecular weight excluding hydrogens is 138 g/mol. The van der Waals surface area contributed by atoms with Crippen molar-refractivity contribution in [1.29, 1.82) is 5.26 Å². The molecule has 1 aliphatic rings. The molecule has 1 heterocycles. The molecule has 0 saturated heterocycles. The fourth-order valence-corrected chi connectivity index (χ4v) is 1.08. The van der Waals surface area contributed by atoms with Gasteiger partial charge in [0.25, 0.3) is 0 Å². The van der Waals surface area contributed by atoms with E-state index in [4.69, 9.17) is 5.26 Å². The van der Waals surface area contributed by atoms with E-state index in [1.165, 1.54) is 0 Å². The van der Waals surface area contributed by atoms with Crippen LogP contribution < -0.4 is 0 Å².